The second kappa shape index (κ2) is 6.20. The van der Waals surface area contributed by atoms with Gasteiger partial charge >= 0.3 is 0 Å². The van der Waals surface area contributed by atoms with E-state index < -0.39 is 6.10 Å². The molecule has 2 saturated heterocycles. The third kappa shape index (κ3) is 2.81. The Morgan fingerprint density at radius 3 is 2.58 bits per heavy atom. The van der Waals surface area contributed by atoms with Crippen LogP contribution < -0.4 is 0 Å². The fourth-order valence-electron chi connectivity index (χ4n) is 4.27. The lowest BCUT2D eigenvalue weighted by Crippen LogP contribution is -2.58. The number of fused-ring (bicyclic) bond motifs is 1. The van der Waals surface area contributed by atoms with Crippen LogP contribution in [0.2, 0.25) is 0 Å². The molecule has 0 unspecified atom stereocenters. The van der Waals surface area contributed by atoms with Gasteiger partial charge in [-0.15, -0.1) is 0 Å². The van der Waals surface area contributed by atoms with E-state index in [1.165, 1.54) is 0 Å². The maximum atomic E-state index is 12.7. The van der Waals surface area contributed by atoms with E-state index in [1.807, 2.05) is 18.2 Å². The van der Waals surface area contributed by atoms with Crippen molar-refractivity contribution >= 4 is 11.8 Å². The molecule has 128 valence electrons. The van der Waals surface area contributed by atoms with Gasteiger partial charge in [-0.1, -0.05) is 30.3 Å². The topological polar surface area (TPSA) is 60.9 Å². The zero-order valence-corrected chi connectivity index (χ0v) is 13.8. The van der Waals surface area contributed by atoms with Crippen molar-refractivity contribution in [3.8, 4) is 0 Å². The molecule has 1 aliphatic carbocycles. The Bertz CT molecular complexity index is 629. The van der Waals surface area contributed by atoms with Crippen molar-refractivity contribution in [3.63, 3.8) is 0 Å². The van der Waals surface area contributed by atoms with Gasteiger partial charge in [-0.2, -0.15) is 0 Å². The van der Waals surface area contributed by atoms with E-state index in [9.17, 15) is 14.7 Å². The summed E-state index contributed by atoms with van der Waals surface area (Å²) in [6.07, 6.45) is 3.46. The largest absolute Gasteiger partial charge is 0.378 e. The lowest BCUT2D eigenvalue weighted by molar-refractivity contribution is -0.149. The maximum Gasteiger partial charge on any atom is 0.256 e. The van der Waals surface area contributed by atoms with E-state index in [1.54, 1.807) is 17.0 Å². The highest BCUT2D eigenvalue weighted by molar-refractivity contribution is 5.82. The molecule has 24 heavy (non-hydrogen) atoms. The van der Waals surface area contributed by atoms with Crippen molar-refractivity contribution in [1.29, 1.82) is 0 Å². The number of benzene rings is 1. The summed E-state index contributed by atoms with van der Waals surface area (Å²) in [5.41, 5.74) is 0.642. The minimum Gasteiger partial charge on any atom is -0.378 e. The van der Waals surface area contributed by atoms with Gasteiger partial charge in [0.1, 0.15) is 0 Å². The smallest absolute Gasteiger partial charge is 0.256 e. The Balaban J connectivity index is 1.44. The third-order valence-electron chi connectivity index (χ3n) is 5.67. The van der Waals surface area contributed by atoms with Gasteiger partial charge in [-0.25, -0.2) is 0 Å². The number of amides is 2. The van der Waals surface area contributed by atoms with Gasteiger partial charge in [0, 0.05) is 31.6 Å². The summed E-state index contributed by atoms with van der Waals surface area (Å²) in [5.74, 6) is 0.432. The molecule has 4 rings (SSSR count). The summed E-state index contributed by atoms with van der Waals surface area (Å²) < 4.78 is 0. The van der Waals surface area contributed by atoms with Crippen molar-refractivity contribution in [3.05, 3.63) is 35.9 Å². The van der Waals surface area contributed by atoms with E-state index in [2.05, 4.69) is 4.90 Å². The molecule has 0 bridgehead atoms. The molecule has 3 atom stereocenters. The Kier molecular flexibility index (Phi) is 4.04. The average molecular weight is 328 g/mol. The van der Waals surface area contributed by atoms with E-state index >= 15 is 0 Å². The normalized spacial score (nSPS) is 28.5. The molecule has 2 heterocycles. The molecule has 1 saturated carbocycles. The summed E-state index contributed by atoms with van der Waals surface area (Å²) in [7, 11) is 0. The van der Waals surface area contributed by atoms with Crippen LogP contribution in [-0.4, -0.2) is 51.9 Å². The van der Waals surface area contributed by atoms with Crippen LogP contribution in [0.1, 0.15) is 43.8 Å². The van der Waals surface area contributed by atoms with Gasteiger partial charge in [0.25, 0.3) is 5.91 Å². The number of nitrogens with zero attached hydrogens (tertiary/aromatic N) is 2. The molecule has 3 fully saturated rings. The van der Waals surface area contributed by atoms with E-state index in [0.29, 0.717) is 42.9 Å². The summed E-state index contributed by atoms with van der Waals surface area (Å²) in [6, 6.07) is 9.83. The van der Waals surface area contributed by atoms with Crippen LogP contribution in [0.25, 0.3) is 0 Å². The molecule has 0 radical (unpaired) electrons. The predicted molar refractivity (Wildman–Crippen MR) is 89.0 cm³/mol. The van der Waals surface area contributed by atoms with E-state index in [4.69, 9.17) is 0 Å². The van der Waals surface area contributed by atoms with Crippen molar-refractivity contribution in [2.45, 2.75) is 50.3 Å². The summed E-state index contributed by atoms with van der Waals surface area (Å²) in [6.45, 7) is 1.28. The fourth-order valence-corrected chi connectivity index (χ4v) is 4.27. The van der Waals surface area contributed by atoms with Gasteiger partial charge in [-0.3, -0.25) is 9.59 Å². The second-order valence-corrected chi connectivity index (χ2v) is 7.28. The number of carbonyl (C=O) groups excluding carboxylic acids is 2. The molecule has 2 aliphatic heterocycles. The predicted octanol–water partition coefficient (Wildman–Crippen LogP) is 1.72. The van der Waals surface area contributed by atoms with Crippen LogP contribution in [-0.2, 0) is 9.59 Å². The van der Waals surface area contributed by atoms with Crippen LogP contribution >= 0.6 is 0 Å². The Morgan fingerprint density at radius 1 is 1.12 bits per heavy atom. The van der Waals surface area contributed by atoms with Crippen LogP contribution in [0, 0.1) is 5.92 Å². The van der Waals surface area contributed by atoms with Crippen molar-refractivity contribution < 1.29 is 14.7 Å². The molecular weight excluding hydrogens is 304 g/mol. The minimum absolute atomic E-state index is 0.213. The Morgan fingerprint density at radius 2 is 1.88 bits per heavy atom. The zero-order valence-electron chi connectivity index (χ0n) is 13.8. The highest BCUT2D eigenvalue weighted by Gasteiger charge is 2.46. The fraction of sp³-hybridized carbons (Fsp3) is 0.579. The SMILES string of the molecule is O=C([C@H](O)c1ccccc1)N1CC[C@H]2[C@H](CCC(=O)N2C2CC2)C1. The number of carbonyl (C=O) groups is 2. The van der Waals surface area contributed by atoms with Crippen LogP contribution in [0.4, 0.5) is 0 Å². The Labute approximate surface area is 142 Å². The minimum atomic E-state index is -1.09. The van der Waals surface area contributed by atoms with Gasteiger partial charge in [0.05, 0.1) is 0 Å². The summed E-state index contributed by atoms with van der Waals surface area (Å²) in [5, 5.41) is 10.4. The third-order valence-corrected chi connectivity index (χ3v) is 5.67. The number of likely N-dealkylation sites (tertiary alicyclic amines) is 2. The average Bonchev–Trinajstić information content (AvgIpc) is 3.45. The zero-order chi connectivity index (χ0) is 16.7. The lowest BCUT2D eigenvalue weighted by Gasteiger charge is -2.47. The van der Waals surface area contributed by atoms with Crippen LogP contribution in [0.5, 0.6) is 0 Å². The standard InChI is InChI=1S/C19H24N2O3/c22-17-9-6-14-12-20(11-10-16(14)21(17)15-7-8-15)19(24)18(23)13-4-2-1-3-5-13/h1-5,14-16,18,23H,6-12H2/t14-,16+,18-/m1/s1. The van der Waals surface area contributed by atoms with Crippen LogP contribution in [0.15, 0.2) is 30.3 Å². The van der Waals surface area contributed by atoms with Gasteiger partial charge in [-0.05, 0) is 37.2 Å². The van der Waals surface area contributed by atoms with E-state index in [0.717, 1.165) is 25.7 Å². The van der Waals surface area contributed by atoms with Gasteiger partial charge < -0.3 is 14.9 Å². The molecule has 0 spiro atoms. The quantitative estimate of drug-likeness (QED) is 0.919. The van der Waals surface area contributed by atoms with E-state index in [-0.39, 0.29) is 11.9 Å². The molecule has 1 aromatic rings. The first-order valence-electron chi connectivity index (χ1n) is 8.98. The number of aliphatic hydroxyl groups excluding tert-OH is 1. The molecule has 5 nitrogen and oxygen atoms in total. The molecule has 5 heteroatoms. The monoisotopic (exact) mass is 328 g/mol. The lowest BCUT2D eigenvalue weighted by atomic mass is 9.83. The number of aliphatic hydroxyl groups is 1. The van der Waals surface area contributed by atoms with Crippen LogP contribution in [0.3, 0.4) is 0 Å². The summed E-state index contributed by atoms with van der Waals surface area (Å²) in [4.78, 5) is 28.8. The molecule has 1 N–H and O–H groups in total. The van der Waals surface area contributed by atoms with Crippen molar-refractivity contribution in [1.82, 2.24) is 9.80 Å². The molecule has 2 amide bonds. The number of hydrogen-bond acceptors (Lipinski definition) is 3. The first-order valence-corrected chi connectivity index (χ1v) is 8.98. The Hall–Kier alpha value is -1.88. The first kappa shape index (κ1) is 15.6. The second-order valence-electron chi connectivity index (χ2n) is 7.28. The van der Waals surface area contributed by atoms with Crippen molar-refractivity contribution in [2.75, 3.05) is 13.1 Å². The molecule has 0 aromatic heterocycles. The number of hydrogen-bond donors (Lipinski definition) is 1. The van der Waals surface area contributed by atoms with Crippen molar-refractivity contribution in [2.24, 2.45) is 5.92 Å². The first-order chi connectivity index (χ1) is 11.6. The molecular formula is C19H24N2O3. The summed E-state index contributed by atoms with van der Waals surface area (Å²) >= 11 is 0. The number of piperidine rings is 2. The highest BCUT2D eigenvalue weighted by atomic mass is 16.3. The molecule has 1 aromatic carbocycles. The maximum absolute atomic E-state index is 12.7. The highest BCUT2D eigenvalue weighted by Crippen LogP contribution is 2.39. The van der Waals surface area contributed by atoms with Gasteiger partial charge in [0.2, 0.25) is 5.91 Å². The molecule has 3 aliphatic rings. The van der Waals surface area contributed by atoms with Gasteiger partial charge in [0.15, 0.2) is 6.10 Å². The number of rotatable bonds is 3.